The molecular formula is C13H20N4O3. The molecule has 0 aliphatic carbocycles. The largest absolute Gasteiger partial charge is 0.397 e. The second kappa shape index (κ2) is 7.34. The summed E-state index contributed by atoms with van der Waals surface area (Å²) in [4.78, 5) is 23.2. The monoisotopic (exact) mass is 280 g/mol. The van der Waals surface area contributed by atoms with E-state index in [0.29, 0.717) is 24.5 Å². The molecule has 0 radical (unpaired) electrons. The van der Waals surface area contributed by atoms with Gasteiger partial charge in [-0.1, -0.05) is 6.07 Å². The van der Waals surface area contributed by atoms with E-state index in [-0.39, 0.29) is 11.5 Å². The van der Waals surface area contributed by atoms with E-state index in [2.05, 4.69) is 10.6 Å². The van der Waals surface area contributed by atoms with Gasteiger partial charge in [0.25, 0.3) is 5.91 Å². The highest BCUT2D eigenvalue weighted by Gasteiger charge is 2.17. The Balaban J connectivity index is 2.77. The highest BCUT2D eigenvalue weighted by Crippen LogP contribution is 2.23. The van der Waals surface area contributed by atoms with Gasteiger partial charge in [0.1, 0.15) is 6.04 Å². The zero-order valence-corrected chi connectivity index (χ0v) is 11.6. The van der Waals surface area contributed by atoms with Crippen molar-refractivity contribution in [1.82, 2.24) is 5.32 Å². The summed E-state index contributed by atoms with van der Waals surface area (Å²) in [6, 6.07) is 4.25. The highest BCUT2D eigenvalue weighted by molar-refractivity contribution is 6.02. The molecule has 0 aliphatic heterocycles. The van der Waals surface area contributed by atoms with Crippen LogP contribution in [0.4, 0.5) is 11.4 Å². The normalized spacial score (nSPS) is 11.7. The number of methoxy groups -OCH3 is 1. The summed E-state index contributed by atoms with van der Waals surface area (Å²) in [6.07, 6.45) is 0. The molecule has 0 aliphatic rings. The number of nitrogens with one attached hydrogen (secondary N) is 2. The van der Waals surface area contributed by atoms with E-state index in [1.54, 1.807) is 32.2 Å². The maximum atomic E-state index is 11.8. The van der Waals surface area contributed by atoms with E-state index in [4.69, 9.17) is 16.2 Å². The van der Waals surface area contributed by atoms with Gasteiger partial charge >= 0.3 is 0 Å². The number of primary amides is 1. The molecule has 7 nitrogen and oxygen atoms in total. The molecule has 0 bridgehead atoms. The van der Waals surface area contributed by atoms with Crippen molar-refractivity contribution in [2.75, 3.05) is 31.3 Å². The Morgan fingerprint density at radius 2 is 2.10 bits per heavy atom. The summed E-state index contributed by atoms with van der Waals surface area (Å²) in [6.45, 7) is 2.51. The Labute approximate surface area is 117 Å². The Hall–Kier alpha value is -2.28. The number of ether oxygens (including phenoxy) is 1. The number of hydrogen-bond donors (Lipinski definition) is 4. The molecule has 0 spiro atoms. The Morgan fingerprint density at radius 3 is 2.70 bits per heavy atom. The van der Waals surface area contributed by atoms with Gasteiger partial charge < -0.3 is 26.8 Å². The van der Waals surface area contributed by atoms with Crippen LogP contribution in [0.25, 0.3) is 0 Å². The fraction of sp³-hybridized carbons (Fsp3) is 0.385. The lowest BCUT2D eigenvalue weighted by Crippen LogP contribution is -2.39. The first-order valence-electron chi connectivity index (χ1n) is 6.18. The van der Waals surface area contributed by atoms with Crippen LogP contribution in [0, 0.1) is 0 Å². The van der Waals surface area contributed by atoms with E-state index in [1.165, 1.54) is 0 Å². The minimum Gasteiger partial charge on any atom is -0.397 e. The second-order valence-electron chi connectivity index (χ2n) is 4.28. The molecule has 1 atom stereocenters. The van der Waals surface area contributed by atoms with Gasteiger partial charge in [0.2, 0.25) is 5.91 Å². The zero-order valence-electron chi connectivity index (χ0n) is 11.6. The molecule has 0 saturated carbocycles. The first-order chi connectivity index (χ1) is 9.47. The molecule has 1 aromatic rings. The quantitative estimate of drug-likeness (QED) is 0.412. The fourth-order valence-electron chi connectivity index (χ4n) is 1.65. The molecule has 7 heteroatoms. The van der Waals surface area contributed by atoms with E-state index < -0.39 is 11.9 Å². The van der Waals surface area contributed by atoms with Crippen LogP contribution >= 0.6 is 0 Å². The number of rotatable bonds is 7. The van der Waals surface area contributed by atoms with Gasteiger partial charge in [-0.05, 0) is 19.1 Å². The molecule has 0 heterocycles. The predicted molar refractivity (Wildman–Crippen MR) is 77.3 cm³/mol. The highest BCUT2D eigenvalue weighted by atomic mass is 16.5. The summed E-state index contributed by atoms with van der Waals surface area (Å²) in [5.74, 6) is -0.826. The van der Waals surface area contributed by atoms with Crippen LogP contribution in [0.2, 0.25) is 0 Å². The number of nitrogen functional groups attached to an aromatic ring is 1. The maximum absolute atomic E-state index is 11.8. The molecule has 110 valence electrons. The summed E-state index contributed by atoms with van der Waals surface area (Å²) in [5, 5.41) is 5.60. The van der Waals surface area contributed by atoms with Crippen molar-refractivity contribution in [2.24, 2.45) is 5.73 Å². The van der Waals surface area contributed by atoms with E-state index in [1.807, 2.05) is 0 Å². The van der Waals surface area contributed by atoms with Gasteiger partial charge in [0.05, 0.1) is 23.5 Å². The third-order valence-corrected chi connectivity index (χ3v) is 2.72. The number of carbonyl (C=O) groups excluding carboxylic acids is 2. The van der Waals surface area contributed by atoms with Gasteiger partial charge in [-0.15, -0.1) is 0 Å². The van der Waals surface area contributed by atoms with Crippen LogP contribution < -0.4 is 22.1 Å². The van der Waals surface area contributed by atoms with Gasteiger partial charge in [-0.25, -0.2) is 0 Å². The van der Waals surface area contributed by atoms with Crippen LogP contribution in [-0.2, 0) is 9.53 Å². The molecule has 2 amide bonds. The van der Waals surface area contributed by atoms with E-state index >= 15 is 0 Å². The van der Waals surface area contributed by atoms with Crippen molar-refractivity contribution in [3.63, 3.8) is 0 Å². The van der Waals surface area contributed by atoms with Gasteiger partial charge in [-0.2, -0.15) is 0 Å². The standard InChI is InChI=1S/C13H20N4O3/c1-8(13(19)16-6-7-20-2)17-11-9(12(15)18)4-3-5-10(11)14/h3-5,8,17H,6-7,14H2,1-2H3,(H2,15,18)(H,16,19). The molecule has 1 unspecified atom stereocenters. The number of amides is 2. The lowest BCUT2D eigenvalue weighted by molar-refractivity contribution is -0.121. The van der Waals surface area contributed by atoms with Crippen molar-refractivity contribution < 1.29 is 14.3 Å². The van der Waals surface area contributed by atoms with Crippen LogP contribution in [0.1, 0.15) is 17.3 Å². The zero-order chi connectivity index (χ0) is 15.1. The summed E-state index contributed by atoms with van der Waals surface area (Å²) < 4.78 is 4.84. The average molecular weight is 280 g/mol. The first kappa shape index (κ1) is 15.8. The lowest BCUT2D eigenvalue weighted by atomic mass is 10.1. The summed E-state index contributed by atoms with van der Waals surface area (Å²) in [5.41, 5.74) is 12.1. The van der Waals surface area contributed by atoms with Crippen molar-refractivity contribution in [1.29, 1.82) is 0 Å². The predicted octanol–water partition coefficient (Wildman–Crippen LogP) is -0.0693. The molecular weight excluding hydrogens is 260 g/mol. The fourth-order valence-corrected chi connectivity index (χ4v) is 1.65. The first-order valence-corrected chi connectivity index (χ1v) is 6.18. The number of anilines is 2. The van der Waals surface area contributed by atoms with E-state index in [9.17, 15) is 9.59 Å². The van der Waals surface area contributed by atoms with Crippen molar-refractivity contribution in [2.45, 2.75) is 13.0 Å². The minimum atomic E-state index is -0.605. The van der Waals surface area contributed by atoms with Crippen molar-refractivity contribution >= 4 is 23.2 Å². The summed E-state index contributed by atoms with van der Waals surface area (Å²) >= 11 is 0. The molecule has 1 aromatic carbocycles. The van der Waals surface area contributed by atoms with Crippen molar-refractivity contribution in [3.8, 4) is 0 Å². The molecule has 0 aromatic heterocycles. The average Bonchev–Trinajstić information content (AvgIpc) is 2.40. The summed E-state index contributed by atoms with van der Waals surface area (Å²) in [7, 11) is 1.55. The molecule has 6 N–H and O–H groups in total. The minimum absolute atomic E-state index is 0.222. The van der Waals surface area contributed by atoms with E-state index in [0.717, 1.165) is 0 Å². The Bertz CT molecular complexity index is 491. The third-order valence-electron chi connectivity index (χ3n) is 2.72. The SMILES string of the molecule is COCCNC(=O)C(C)Nc1c(N)cccc1C(N)=O. The van der Waals surface area contributed by atoms with Crippen LogP contribution in [0.3, 0.4) is 0 Å². The van der Waals surface area contributed by atoms with Gasteiger partial charge in [-0.3, -0.25) is 9.59 Å². The molecule has 0 fully saturated rings. The smallest absolute Gasteiger partial charge is 0.250 e. The number of benzene rings is 1. The number of hydrogen-bond acceptors (Lipinski definition) is 5. The topological polar surface area (TPSA) is 119 Å². The molecule has 1 rings (SSSR count). The van der Waals surface area contributed by atoms with Gasteiger partial charge in [0, 0.05) is 13.7 Å². The lowest BCUT2D eigenvalue weighted by Gasteiger charge is -2.18. The Kier molecular flexibility index (Phi) is 5.79. The van der Waals surface area contributed by atoms with Crippen LogP contribution in [0.15, 0.2) is 18.2 Å². The Morgan fingerprint density at radius 1 is 1.40 bits per heavy atom. The van der Waals surface area contributed by atoms with Crippen LogP contribution in [-0.4, -0.2) is 38.1 Å². The number of para-hydroxylation sites is 1. The molecule has 0 saturated heterocycles. The maximum Gasteiger partial charge on any atom is 0.250 e. The molecule has 20 heavy (non-hydrogen) atoms. The van der Waals surface area contributed by atoms with Gasteiger partial charge in [0.15, 0.2) is 0 Å². The van der Waals surface area contributed by atoms with Crippen LogP contribution in [0.5, 0.6) is 0 Å². The third kappa shape index (κ3) is 4.13. The van der Waals surface area contributed by atoms with Crippen molar-refractivity contribution in [3.05, 3.63) is 23.8 Å². The second-order valence-corrected chi connectivity index (χ2v) is 4.28. The number of carbonyl (C=O) groups is 2. The number of nitrogens with two attached hydrogens (primary N) is 2.